The van der Waals surface area contributed by atoms with Gasteiger partial charge in [-0.1, -0.05) is 12.1 Å². The summed E-state index contributed by atoms with van der Waals surface area (Å²) < 4.78 is 21.0. The van der Waals surface area contributed by atoms with Crippen LogP contribution in [0.5, 0.6) is 5.75 Å². The van der Waals surface area contributed by atoms with Crippen molar-refractivity contribution in [2.24, 2.45) is 0 Å². The van der Waals surface area contributed by atoms with Crippen molar-refractivity contribution in [2.75, 3.05) is 13.2 Å². The molecule has 1 aromatic carbocycles. The Labute approximate surface area is 193 Å². The summed E-state index contributed by atoms with van der Waals surface area (Å²) in [6, 6.07) is 5.91. The highest BCUT2D eigenvalue weighted by Crippen LogP contribution is 2.29. The molecule has 1 aromatic rings. The summed E-state index contributed by atoms with van der Waals surface area (Å²) in [6.45, 7) is -1.47. The lowest BCUT2D eigenvalue weighted by Gasteiger charge is -2.45. The van der Waals surface area contributed by atoms with E-state index in [2.05, 4.69) is 0 Å². The number of hydrogen-bond donors (Lipinski definition) is 8. The zero-order valence-corrected chi connectivity index (χ0v) is 17.8. The van der Waals surface area contributed by atoms with E-state index < -0.39 is 80.6 Å². The first-order chi connectivity index (χ1) is 16.2. The van der Waals surface area contributed by atoms with E-state index in [1.165, 1.54) is 30.3 Å². The number of phenolic OH excluding ortho intramolecular Hbond substituents is 1. The van der Waals surface area contributed by atoms with Crippen LogP contribution in [-0.4, -0.2) is 121 Å². The molecule has 0 bridgehead atoms. The Bertz CT molecular complexity index is 826. The molecule has 3 rings (SSSR count). The third kappa shape index (κ3) is 5.90. The molecule has 10 atom stereocenters. The number of ether oxygens (including phenoxy) is 4. The highest BCUT2D eigenvalue weighted by atomic mass is 16.7. The fraction of sp³-hybridized carbons (Fsp3) is 0.571. The van der Waals surface area contributed by atoms with Crippen LogP contribution in [0.3, 0.4) is 0 Å². The molecule has 34 heavy (non-hydrogen) atoms. The van der Waals surface area contributed by atoms with Crippen LogP contribution in [0.25, 0.3) is 6.08 Å². The van der Waals surface area contributed by atoms with Gasteiger partial charge in [0.05, 0.1) is 13.2 Å². The molecular weight excluding hydrogens is 460 g/mol. The second-order valence-corrected chi connectivity index (χ2v) is 7.87. The van der Waals surface area contributed by atoms with E-state index in [-0.39, 0.29) is 5.75 Å². The van der Waals surface area contributed by atoms with Crippen LogP contribution in [0.15, 0.2) is 30.3 Å². The zero-order chi connectivity index (χ0) is 25.0. The molecule has 8 N–H and O–H groups in total. The normalized spacial score (nSPS) is 38.7. The summed E-state index contributed by atoms with van der Waals surface area (Å²) in [6.07, 6.45) is -13.9. The van der Waals surface area contributed by atoms with Gasteiger partial charge >= 0.3 is 5.97 Å². The quantitative estimate of drug-likeness (QED) is 0.139. The number of carbonyl (C=O) groups is 1. The van der Waals surface area contributed by atoms with Gasteiger partial charge in [-0.25, -0.2) is 4.79 Å². The number of hydrogen-bond acceptors (Lipinski definition) is 13. The molecule has 0 aliphatic carbocycles. The van der Waals surface area contributed by atoms with Gasteiger partial charge in [0.1, 0.15) is 54.6 Å². The summed E-state index contributed by atoms with van der Waals surface area (Å²) in [5.74, 6) is -0.891. The first-order valence-electron chi connectivity index (χ1n) is 10.4. The Morgan fingerprint density at radius 1 is 0.824 bits per heavy atom. The fourth-order valence-corrected chi connectivity index (χ4v) is 3.56. The molecule has 0 unspecified atom stereocenters. The minimum absolute atomic E-state index is 0.0444. The second-order valence-electron chi connectivity index (χ2n) is 7.87. The van der Waals surface area contributed by atoms with Gasteiger partial charge in [0, 0.05) is 6.08 Å². The van der Waals surface area contributed by atoms with E-state index in [9.17, 15) is 45.6 Å². The SMILES string of the molecule is O=C(/C=C/c1ccc(O)cc1)O[C@@H]1O[C@H](CO)[C@@H](O[C@@H]2O[C@H](CO)[C@@H](O)[C@H](O)[C@H]2O)[C@H](O)[C@H]1O. The average Bonchev–Trinajstić information content (AvgIpc) is 2.83. The molecule has 13 heteroatoms. The molecular formula is C21H28O13. The fourth-order valence-electron chi connectivity index (χ4n) is 3.56. The van der Waals surface area contributed by atoms with E-state index in [1.807, 2.05) is 0 Å². The summed E-state index contributed by atoms with van der Waals surface area (Å²) in [5.41, 5.74) is 0.570. The van der Waals surface area contributed by atoms with Crippen LogP contribution in [0.4, 0.5) is 0 Å². The second kappa shape index (κ2) is 11.5. The van der Waals surface area contributed by atoms with Gasteiger partial charge in [0.25, 0.3) is 0 Å². The molecule has 0 saturated carbocycles. The molecule has 2 heterocycles. The number of benzene rings is 1. The van der Waals surface area contributed by atoms with Crippen molar-refractivity contribution in [1.82, 2.24) is 0 Å². The van der Waals surface area contributed by atoms with Crippen molar-refractivity contribution >= 4 is 12.0 Å². The summed E-state index contributed by atoms with van der Waals surface area (Å²) in [5, 5.41) is 79.0. The van der Waals surface area contributed by atoms with Gasteiger partial charge in [-0.15, -0.1) is 0 Å². The Balaban J connectivity index is 1.64. The summed E-state index contributed by atoms with van der Waals surface area (Å²) in [4.78, 5) is 12.1. The van der Waals surface area contributed by atoms with E-state index in [0.717, 1.165) is 6.08 Å². The highest BCUT2D eigenvalue weighted by molar-refractivity contribution is 5.87. The highest BCUT2D eigenvalue weighted by Gasteiger charge is 2.51. The molecule has 0 spiro atoms. The number of esters is 1. The van der Waals surface area contributed by atoms with Gasteiger partial charge in [0.2, 0.25) is 6.29 Å². The predicted octanol–water partition coefficient (Wildman–Crippen LogP) is -3.43. The first kappa shape index (κ1) is 26.4. The molecule has 0 amide bonds. The van der Waals surface area contributed by atoms with Crippen LogP contribution in [-0.2, 0) is 23.7 Å². The summed E-state index contributed by atoms with van der Waals surface area (Å²) >= 11 is 0. The van der Waals surface area contributed by atoms with Crippen LogP contribution in [0.2, 0.25) is 0 Å². The largest absolute Gasteiger partial charge is 0.508 e. The van der Waals surface area contributed by atoms with E-state index in [4.69, 9.17) is 18.9 Å². The van der Waals surface area contributed by atoms with Gasteiger partial charge in [0.15, 0.2) is 6.29 Å². The Kier molecular flexibility index (Phi) is 8.95. The standard InChI is InChI=1S/C21H28O13/c22-7-11-14(26)15(27)17(29)21(31-11)34-19-12(8-23)32-20(18(30)16(19)28)33-13(25)6-3-9-1-4-10(24)5-2-9/h1-6,11-12,14-24,26-30H,7-8H2/b6-3+/t11-,12-,14-,15+,16-,17-,18-,19-,20+,21+/m1/s1. The zero-order valence-electron chi connectivity index (χ0n) is 17.8. The maximum Gasteiger partial charge on any atom is 0.333 e. The van der Waals surface area contributed by atoms with Crippen molar-refractivity contribution in [3.63, 3.8) is 0 Å². The van der Waals surface area contributed by atoms with E-state index in [0.29, 0.717) is 5.56 Å². The smallest absolute Gasteiger partial charge is 0.333 e. The third-order valence-corrected chi connectivity index (χ3v) is 5.50. The van der Waals surface area contributed by atoms with Crippen molar-refractivity contribution < 1.29 is 64.6 Å². The number of aromatic hydroxyl groups is 1. The van der Waals surface area contributed by atoms with Crippen LogP contribution < -0.4 is 0 Å². The molecule has 2 aliphatic rings. The monoisotopic (exact) mass is 488 g/mol. The predicted molar refractivity (Wildman–Crippen MR) is 110 cm³/mol. The minimum Gasteiger partial charge on any atom is -0.508 e. The lowest BCUT2D eigenvalue weighted by Crippen LogP contribution is -2.64. The molecule has 0 radical (unpaired) electrons. The Hall–Kier alpha value is -2.17. The maximum atomic E-state index is 12.1. The van der Waals surface area contributed by atoms with E-state index in [1.54, 1.807) is 0 Å². The van der Waals surface area contributed by atoms with Gasteiger partial charge in [-0.2, -0.15) is 0 Å². The van der Waals surface area contributed by atoms with Crippen molar-refractivity contribution in [3.05, 3.63) is 35.9 Å². The number of aliphatic hydroxyl groups excluding tert-OH is 7. The van der Waals surface area contributed by atoms with Crippen LogP contribution in [0, 0.1) is 0 Å². The topological polar surface area (TPSA) is 216 Å². The van der Waals surface area contributed by atoms with Crippen LogP contribution >= 0.6 is 0 Å². The Morgan fingerprint density at radius 2 is 1.41 bits per heavy atom. The number of rotatable bonds is 7. The van der Waals surface area contributed by atoms with Crippen molar-refractivity contribution in [3.8, 4) is 5.75 Å². The number of aliphatic hydroxyl groups is 7. The van der Waals surface area contributed by atoms with Crippen molar-refractivity contribution in [2.45, 2.75) is 61.4 Å². The maximum absolute atomic E-state index is 12.1. The Morgan fingerprint density at radius 3 is 2.03 bits per heavy atom. The molecule has 190 valence electrons. The first-order valence-corrected chi connectivity index (χ1v) is 10.4. The molecule has 2 saturated heterocycles. The van der Waals surface area contributed by atoms with Gasteiger partial charge in [-0.3, -0.25) is 0 Å². The molecule has 13 nitrogen and oxygen atoms in total. The summed E-state index contributed by atoms with van der Waals surface area (Å²) in [7, 11) is 0. The van der Waals surface area contributed by atoms with E-state index >= 15 is 0 Å². The molecule has 2 fully saturated rings. The average molecular weight is 488 g/mol. The third-order valence-electron chi connectivity index (χ3n) is 5.50. The van der Waals surface area contributed by atoms with Gasteiger partial charge in [-0.05, 0) is 23.8 Å². The minimum atomic E-state index is -1.83. The number of carbonyl (C=O) groups excluding carboxylic acids is 1. The molecule has 0 aromatic heterocycles. The van der Waals surface area contributed by atoms with Crippen LogP contribution in [0.1, 0.15) is 5.56 Å². The number of phenols is 1. The van der Waals surface area contributed by atoms with Crippen molar-refractivity contribution in [1.29, 1.82) is 0 Å². The lowest BCUT2D eigenvalue weighted by molar-refractivity contribution is -0.355. The molecule has 2 aliphatic heterocycles. The van der Waals surface area contributed by atoms with Gasteiger partial charge < -0.3 is 59.8 Å². The lowest BCUT2D eigenvalue weighted by atomic mass is 9.97.